The molecule has 0 unspecified atom stereocenters. The molecule has 1 aliphatic rings. The first-order valence-electron chi connectivity index (χ1n) is 9.47. The normalized spacial score (nSPS) is 12.5. The molecule has 0 radical (unpaired) electrons. The average Bonchev–Trinajstić information content (AvgIpc) is 3.27. The van der Waals surface area contributed by atoms with E-state index < -0.39 is 0 Å². The summed E-state index contributed by atoms with van der Waals surface area (Å²) in [6, 6.07) is 15.9. The van der Waals surface area contributed by atoms with E-state index in [0.717, 1.165) is 28.2 Å². The second kappa shape index (κ2) is 7.83. The van der Waals surface area contributed by atoms with E-state index in [2.05, 4.69) is 59.3 Å². The molecular weight excluding hydrogens is 366 g/mol. The predicted molar refractivity (Wildman–Crippen MR) is 112 cm³/mol. The second-order valence-electron chi connectivity index (χ2n) is 7.15. The minimum absolute atomic E-state index is 0.188. The number of ether oxygens (including phenoxy) is 2. The molecule has 0 saturated carbocycles. The number of hydrogen-bond acceptors (Lipinski definition) is 4. The maximum Gasteiger partial charge on any atom is 0.244 e. The minimum Gasteiger partial charge on any atom is -0.454 e. The summed E-state index contributed by atoms with van der Waals surface area (Å²) in [5, 5.41) is 4.14. The van der Waals surface area contributed by atoms with Crippen molar-refractivity contribution in [1.82, 2.24) is 9.99 Å². The van der Waals surface area contributed by atoms with Crippen LogP contribution in [0, 0.1) is 20.8 Å². The zero-order chi connectivity index (χ0) is 20.4. The molecule has 6 nitrogen and oxygen atoms in total. The van der Waals surface area contributed by atoms with Crippen LogP contribution in [0.5, 0.6) is 11.5 Å². The number of rotatable bonds is 5. The smallest absolute Gasteiger partial charge is 0.244 e. The van der Waals surface area contributed by atoms with Crippen LogP contribution in [0.3, 0.4) is 0 Å². The van der Waals surface area contributed by atoms with E-state index in [9.17, 15) is 4.79 Å². The van der Waals surface area contributed by atoms with E-state index >= 15 is 0 Å². The highest BCUT2D eigenvalue weighted by Crippen LogP contribution is 2.32. The van der Waals surface area contributed by atoms with Crippen LogP contribution in [-0.2, 0) is 11.2 Å². The van der Waals surface area contributed by atoms with Crippen LogP contribution < -0.4 is 14.9 Å². The lowest BCUT2D eigenvalue weighted by atomic mass is 10.1. The quantitative estimate of drug-likeness (QED) is 0.533. The van der Waals surface area contributed by atoms with Gasteiger partial charge >= 0.3 is 0 Å². The summed E-state index contributed by atoms with van der Waals surface area (Å²) in [5.41, 5.74) is 8.92. The SMILES string of the molecule is Cc1ccc(-n2c(C)cc(/C=N\NC(=O)Cc3ccc4c(c3)OCO4)c2C)cc1. The van der Waals surface area contributed by atoms with E-state index in [-0.39, 0.29) is 19.1 Å². The first kappa shape index (κ1) is 18.8. The number of fused-ring (bicyclic) bond motifs is 1. The van der Waals surface area contributed by atoms with Crippen LogP contribution in [0.15, 0.2) is 53.6 Å². The van der Waals surface area contributed by atoms with Gasteiger partial charge in [0.25, 0.3) is 0 Å². The van der Waals surface area contributed by atoms with Gasteiger partial charge in [-0.2, -0.15) is 5.10 Å². The lowest BCUT2D eigenvalue weighted by molar-refractivity contribution is -0.120. The third kappa shape index (κ3) is 4.01. The highest BCUT2D eigenvalue weighted by molar-refractivity contribution is 5.85. The molecule has 1 amide bonds. The Labute approximate surface area is 169 Å². The van der Waals surface area contributed by atoms with Gasteiger partial charge in [0.15, 0.2) is 11.5 Å². The third-order valence-corrected chi connectivity index (χ3v) is 4.96. The van der Waals surface area contributed by atoms with Gasteiger partial charge in [-0.25, -0.2) is 5.43 Å². The van der Waals surface area contributed by atoms with Crippen LogP contribution in [0.25, 0.3) is 5.69 Å². The maximum atomic E-state index is 12.2. The summed E-state index contributed by atoms with van der Waals surface area (Å²) in [5.74, 6) is 1.19. The van der Waals surface area contributed by atoms with Gasteiger partial charge in [-0.15, -0.1) is 0 Å². The zero-order valence-electron chi connectivity index (χ0n) is 16.7. The van der Waals surface area contributed by atoms with Crippen molar-refractivity contribution in [2.24, 2.45) is 5.10 Å². The summed E-state index contributed by atoms with van der Waals surface area (Å²) < 4.78 is 12.8. The van der Waals surface area contributed by atoms with Crippen LogP contribution >= 0.6 is 0 Å². The number of carbonyl (C=O) groups excluding carboxylic acids is 1. The number of carbonyl (C=O) groups is 1. The summed E-state index contributed by atoms with van der Waals surface area (Å²) in [6.07, 6.45) is 1.90. The lowest BCUT2D eigenvalue weighted by Gasteiger charge is -2.09. The molecule has 6 heteroatoms. The minimum atomic E-state index is -0.188. The molecule has 29 heavy (non-hydrogen) atoms. The molecule has 1 aliphatic heterocycles. The molecule has 0 fully saturated rings. The van der Waals surface area contributed by atoms with E-state index in [1.54, 1.807) is 6.21 Å². The van der Waals surface area contributed by atoms with Gasteiger partial charge in [0.2, 0.25) is 12.7 Å². The Bertz CT molecular complexity index is 1080. The molecule has 0 saturated heterocycles. The Morgan fingerprint density at radius 2 is 1.83 bits per heavy atom. The fourth-order valence-corrected chi connectivity index (χ4v) is 3.46. The number of hydrazone groups is 1. The molecule has 1 N–H and O–H groups in total. The zero-order valence-corrected chi connectivity index (χ0v) is 16.7. The van der Waals surface area contributed by atoms with Gasteiger partial charge in [0.05, 0.1) is 12.6 Å². The van der Waals surface area contributed by atoms with E-state index in [4.69, 9.17) is 9.47 Å². The molecule has 1 aromatic heterocycles. The summed E-state index contributed by atoms with van der Waals surface area (Å²) in [7, 11) is 0. The Kier molecular flexibility index (Phi) is 5.08. The van der Waals surface area contributed by atoms with Crippen LogP contribution in [0.4, 0.5) is 0 Å². The van der Waals surface area contributed by atoms with Crippen LogP contribution in [0.1, 0.15) is 28.1 Å². The molecule has 0 bridgehead atoms. The maximum absolute atomic E-state index is 12.2. The molecule has 3 aromatic rings. The summed E-state index contributed by atoms with van der Waals surface area (Å²) in [6.45, 7) is 6.39. The van der Waals surface area contributed by atoms with Crippen molar-refractivity contribution in [3.05, 3.63) is 76.6 Å². The van der Waals surface area contributed by atoms with Gasteiger partial charge in [0, 0.05) is 22.6 Å². The van der Waals surface area contributed by atoms with Crippen molar-refractivity contribution in [2.45, 2.75) is 27.2 Å². The van der Waals surface area contributed by atoms with Gasteiger partial charge in [0.1, 0.15) is 0 Å². The van der Waals surface area contributed by atoms with Crippen molar-refractivity contribution < 1.29 is 14.3 Å². The average molecular weight is 389 g/mol. The van der Waals surface area contributed by atoms with E-state index in [1.807, 2.05) is 25.1 Å². The fourth-order valence-electron chi connectivity index (χ4n) is 3.46. The largest absolute Gasteiger partial charge is 0.454 e. The Morgan fingerprint density at radius 1 is 1.07 bits per heavy atom. The Morgan fingerprint density at radius 3 is 2.62 bits per heavy atom. The van der Waals surface area contributed by atoms with Gasteiger partial charge < -0.3 is 14.0 Å². The molecule has 0 aliphatic carbocycles. The van der Waals surface area contributed by atoms with Crippen molar-refractivity contribution in [2.75, 3.05) is 6.79 Å². The number of benzene rings is 2. The first-order valence-corrected chi connectivity index (χ1v) is 9.47. The Hall–Kier alpha value is -3.54. The van der Waals surface area contributed by atoms with Crippen LogP contribution in [0.2, 0.25) is 0 Å². The standard InChI is InChI=1S/C23H23N3O3/c1-15-4-7-20(8-5-15)26-16(2)10-19(17(26)3)13-24-25-23(27)12-18-6-9-21-22(11-18)29-14-28-21/h4-11,13H,12,14H2,1-3H3,(H,25,27)/b24-13-. The lowest BCUT2D eigenvalue weighted by Crippen LogP contribution is -2.19. The third-order valence-electron chi connectivity index (χ3n) is 4.96. The van der Waals surface area contributed by atoms with Crippen molar-refractivity contribution in [3.8, 4) is 17.2 Å². The summed E-state index contributed by atoms with van der Waals surface area (Å²) >= 11 is 0. The molecule has 4 rings (SSSR count). The molecule has 0 atom stereocenters. The summed E-state index contributed by atoms with van der Waals surface area (Å²) in [4.78, 5) is 12.2. The highest BCUT2D eigenvalue weighted by Gasteiger charge is 2.14. The first-order chi connectivity index (χ1) is 14.0. The van der Waals surface area contributed by atoms with Gasteiger partial charge in [-0.05, 0) is 56.7 Å². The number of amides is 1. The topological polar surface area (TPSA) is 64.9 Å². The fraction of sp³-hybridized carbons (Fsp3) is 0.217. The number of hydrogen-bond donors (Lipinski definition) is 1. The molecule has 0 spiro atoms. The van der Waals surface area contributed by atoms with E-state index in [0.29, 0.717) is 11.5 Å². The van der Waals surface area contributed by atoms with E-state index in [1.165, 1.54) is 5.56 Å². The van der Waals surface area contributed by atoms with Gasteiger partial charge in [-0.1, -0.05) is 23.8 Å². The second-order valence-corrected chi connectivity index (χ2v) is 7.15. The molecule has 2 aromatic carbocycles. The number of aromatic nitrogens is 1. The van der Waals surface area contributed by atoms with Gasteiger partial charge in [-0.3, -0.25) is 4.79 Å². The number of nitrogens with zero attached hydrogens (tertiary/aromatic N) is 2. The Balaban J connectivity index is 1.42. The molecular formula is C23H23N3O3. The van der Waals surface area contributed by atoms with Crippen molar-refractivity contribution in [1.29, 1.82) is 0 Å². The monoisotopic (exact) mass is 389 g/mol. The predicted octanol–water partition coefficient (Wildman–Crippen LogP) is 3.82. The number of nitrogens with one attached hydrogen (secondary N) is 1. The molecule has 2 heterocycles. The molecule has 148 valence electrons. The van der Waals surface area contributed by atoms with Crippen molar-refractivity contribution in [3.63, 3.8) is 0 Å². The van der Waals surface area contributed by atoms with Crippen molar-refractivity contribution >= 4 is 12.1 Å². The number of aryl methyl sites for hydroxylation is 2. The van der Waals surface area contributed by atoms with Crippen LogP contribution in [-0.4, -0.2) is 23.5 Å². The highest BCUT2D eigenvalue weighted by atomic mass is 16.7.